The number of benzene rings is 2. The van der Waals surface area contributed by atoms with Crippen molar-refractivity contribution in [3.8, 4) is 5.75 Å². The third kappa shape index (κ3) is 5.01. The molecule has 1 saturated carbocycles. The Labute approximate surface area is 222 Å². The highest BCUT2D eigenvalue weighted by Gasteiger charge is 2.53. The van der Waals surface area contributed by atoms with Crippen molar-refractivity contribution in [3.63, 3.8) is 0 Å². The number of methoxy groups -OCH3 is 1. The average Bonchev–Trinajstić information content (AvgIpc) is 3.66. The highest BCUT2D eigenvalue weighted by molar-refractivity contribution is 6.07. The molecule has 3 aromatic rings. The van der Waals surface area contributed by atoms with Gasteiger partial charge in [0.2, 0.25) is 5.91 Å². The number of ether oxygens (including phenoxy) is 1. The molecular weight excluding hydrogens is 482 g/mol. The van der Waals surface area contributed by atoms with E-state index in [-0.39, 0.29) is 41.7 Å². The minimum absolute atomic E-state index is 0.0275. The number of carbonyl (C=O) groups excluding carboxylic acids is 3. The predicted molar refractivity (Wildman–Crippen MR) is 142 cm³/mol. The van der Waals surface area contributed by atoms with Gasteiger partial charge in [-0.25, -0.2) is 4.98 Å². The lowest BCUT2D eigenvalue weighted by Crippen LogP contribution is -2.64. The highest BCUT2D eigenvalue weighted by Crippen LogP contribution is 2.38. The molecule has 5 rings (SSSR count). The van der Waals surface area contributed by atoms with Crippen LogP contribution in [-0.2, 0) is 24.3 Å². The Hall–Kier alpha value is -4.14. The minimum atomic E-state index is -1.10. The Morgan fingerprint density at radius 1 is 1.05 bits per heavy atom. The van der Waals surface area contributed by atoms with Gasteiger partial charge in [0.05, 0.1) is 20.0 Å². The van der Waals surface area contributed by atoms with Gasteiger partial charge in [0.15, 0.2) is 5.69 Å². The number of rotatable bonds is 9. The number of nitrogens with one attached hydrogen (secondary N) is 2. The van der Waals surface area contributed by atoms with Gasteiger partial charge >= 0.3 is 0 Å². The van der Waals surface area contributed by atoms with E-state index in [1.54, 1.807) is 23.5 Å². The molecule has 0 spiro atoms. The molecule has 1 fully saturated rings. The summed E-state index contributed by atoms with van der Waals surface area (Å²) >= 11 is 0. The predicted octanol–water partition coefficient (Wildman–Crippen LogP) is 2.87. The van der Waals surface area contributed by atoms with E-state index in [0.717, 1.165) is 29.7 Å². The topological polar surface area (TPSA) is 106 Å². The van der Waals surface area contributed by atoms with Crippen molar-refractivity contribution < 1.29 is 19.1 Å². The number of aryl methyl sites for hydroxylation is 1. The maximum atomic E-state index is 13.8. The summed E-state index contributed by atoms with van der Waals surface area (Å²) in [4.78, 5) is 46.2. The Balaban J connectivity index is 1.30. The zero-order valence-electron chi connectivity index (χ0n) is 22.0. The molecule has 0 unspecified atom stereocenters. The lowest BCUT2D eigenvalue weighted by Gasteiger charge is -2.44. The van der Waals surface area contributed by atoms with Crippen molar-refractivity contribution in [2.45, 2.75) is 57.8 Å². The van der Waals surface area contributed by atoms with Crippen LogP contribution in [0.25, 0.3) is 0 Å². The van der Waals surface area contributed by atoms with Gasteiger partial charge in [-0.1, -0.05) is 42.0 Å². The van der Waals surface area contributed by atoms with Gasteiger partial charge < -0.3 is 24.8 Å². The standard InChI is InChI=1S/C29H33N5O4/c1-19-4-6-20(7-5-19)14-15-30-26(35)24-25-27(36)34(22-10-11-22)29(2,17-33(25)18-32-24)28(37)31-16-21-8-12-23(38-3)13-9-21/h4-9,12-13,18,22H,10-11,14-17H2,1-3H3,(H,30,35)(H,31,37)/t29-/m1/s1. The monoisotopic (exact) mass is 515 g/mol. The number of amides is 3. The van der Waals surface area contributed by atoms with Gasteiger partial charge in [0, 0.05) is 19.1 Å². The summed E-state index contributed by atoms with van der Waals surface area (Å²) in [5, 5.41) is 5.90. The summed E-state index contributed by atoms with van der Waals surface area (Å²) in [7, 11) is 1.61. The van der Waals surface area contributed by atoms with Crippen LogP contribution in [0.3, 0.4) is 0 Å². The number of fused-ring (bicyclic) bond motifs is 1. The second kappa shape index (κ2) is 10.3. The number of aromatic nitrogens is 2. The first-order valence-electron chi connectivity index (χ1n) is 12.9. The maximum absolute atomic E-state index is 13.8. The summed E-state index contributed by atoms with van der Waals surface area (Å²) in [5.74, 6) is -0.214. The van der Waals surface area contributed by atoms with Crippen molar-refractivity contribution in [1.29, 1.82) is 0 Å². The summed E-state index contributed by atoms with van der Waals surface area (Å²) in [6, 6.07) is 15.6. The van der Waals surface area contributed by atoms with E-state index in [1.165, 1.54) is 11.9 Å². The molecule has 198 valence electrons. The fraction of sp³-hybridized carbons (Fsp3) is 0.379. The van der Waals surface area contributed by atoms with Crippen LogP contribution < -0.4 is 15.4 Å². The second-order valence-electron chi connectivity index (χ2n) is 10.3. The summed E-state index contributed by atoms with van der Waals surface area (Å²) in [5.41, 5.74) is 2.47. The van der Waals surface area contributed by atoms with Crippen molar-refractivity contribution in [1.82, 2.24) is 25.1 Å². The molecule has 9 nitrogen and oxygen atoms in total. The normalized spacial score (nSPS) is 18.6. The minimum Gasteiger partial charge on any atom is -0.497 e. The lowest BCUT2D eigenvalue weighted by molar-refractivity contribution is -0.133. The van der Waals surface area contributed by atoms with E-state index in [2.05, 4.69) is 15.6 Å². The van der Waals surface area contributed by atoms with E-state index in [0.29, 0.717) is 19.5 Å². The summed E-state index contributed by atoms with van der Waals surface area (Å²) < 4.78 is 6.84. The zero-order chi connectivity index (χ0) is 26.9. The molecule has 2 N–H and O–H groups in total. The molecule has 3 amide bonds. The Morgan fingerprint density at radius 2 is 1.74 bits per heavy atom. The molecule has 9 heteroatoms. The van der Waals surface area contributed by atoms with Crippen molar-refractivity contribution in [3.05, 3.63) is 82.9 Å². The fourth-order valence-electron chi connectivity index (χ4n) is 5.00. The molecule has 2 aliphatic rings. The maximum Gasteiger partial charge on any atom is 0.274 e. The number of hydrogen-bond donors (Lipinski definition) is 2. The van der Waals surface area contributed by atoms with E-state index >= 15 is 0 Å². The molecule has 38 heavy (non-hydrogen) atoms. The van der Waals surface area contributed by atoms with Crippen LogP contribution in [0.15, 0.2) is 54.9 Å². The van der Waals surface area contributed by atoms with E-state index in [9.17, 15) is 14.4 Å². The number of imidazole rings is 1. The first-order valence-corrected chi connectivity index (χ1v) is 12.9. The lowest BCUT2D eigenvalue weighted by atomic mass is 9.93. The molecular formula is C29H33N5O4. The Morgan fingerprint density at radius 3 is 2.39 bits per heavy atom. The molecule has 0 saturated heterocycles. The number of hydrogen-bond acceptors (Lipinski definition) is 5. The molecule has 2 aromatic carbocycles. The largest absolute Gasteiger partial charge is 0.497 e. The van der Waals surface area contributed by atoms with Crippen LogP contribution in [-0.4, -0.2) is 57.4 Å². The Kier molecular flexibility index (Phi) is 6.93. The quantitative estimate of drug-likeness (QED) is 0.456. The fourth-order valence-corrected chi connectivity index (χ4v) is 5.00. The SMILES string of the molecule is COc1ccc(CNC(=O)[C@@]2(C)Cn3cnc(C(=O)NCCc4ccc(C)cc4)c3C(=O)N2C2CC2)cc1. The van der Waals surface area contributed by atoms with Crippen molar-refractivity contribution in [2.75, 3.05) is 13.7 Å². The smallest absolute Gasteiger partial charge is 0.274 e. The zero-order valence-corrected chi connectivity index (χ0v) is 22.0. The molecule has 0 bridgehead atoms. The second-order valence-corrected chi connectivity index (χ2v) is 10.3. The molecule has 0 radical (unpaired) electrons. The molecule has 1 aromatic heterocycles. The van der Waals surface area contributed by atoms with Crippen LogP contribution in [0, 0.1) is 6.92 Å². The van der Waals surface area contributed by atoms with Gasteiger partial charge in [-0.15, -0.1) is 0 Å². The molecule has 1 aliphatic carbocycles. The number of nitrogens with zero attached hydrogens (tertiary/aromatic N) is 3. The molecule has 1 aliphatic heterocycles. The van der Waals surface area contributed by atoms with Crippen LogP contribution in [0.4, 0.5) is 0 Å². The highest BCUT2D eigenvalue weighted by atomic mass is 16.5. The van der Waals surface area contributed by atoms with E-state index in [1.807, 2.05) is 55.5 Å². The first kappa shape index (κ1) is 25.5. The van der Waals surface area contributed by atoms with Crippen LogP contribution >= 0.6 is 0 Å². The molecule has 1 atom stereocenters. The van der Waals surface area contributed by atoms with Crippen molar-refractivity contribution >= 4 is 17.7 Å². The van der Waals surface area contributed by atoms with Crippen molar-refractivity contribution in [2.24, 2.45) is 0 Å². The van der Waals surface area contributed by atoms with Gasteiger partial charge in [-0.3, -0.25) is 14.4 Å². The van der Waals surface area contributed by atoms with Gasteiger partial charge in [0.1, 0.15) is 17.0 Å². The number of carbonyl (C=O) groups is 3. The van der Waals surface area contributed by atoms with Crippen LogP contribution in [0.5, 0.6) is 5.75 Å². The summed E-state index contributed by atoms with van der Waals surface area (Å²) in [6.45, 7) is 4.81. The van der Waals surface area contributed by atoms with E-state index in [4.69, 9.17) is 4.74 Å². The van der Waals surface area contributed by atoms with Gasteiger partial charge in [-0.05, 0) is 56.4 Å². The first-order chi connectivity index (χ1) is 18.3. The van der Waals surface area contributed by atoms with Crippen LogP contribution in [0.2, 0.25) is 0 Å². The third-order valence-corrected chi connectivity index (χ3v) is 7.32. The Bertz CT molecular complexity index is 1340. The van der Waals surface area contributed by atoms with Crippen LogP contribution in [0.1, 0.15) is 57.4 Å². The molecule has 2 heterocycles. The van der Waals surface area contributed by atoms with Gasteiger partial charge in [0.25, 0.3) is 11.8 Å². The summed E-state index contributed by atoms with van der Waals surface area (Å²) in [6.07, 6.45) is 3.83. The van der Waals surface area contributed by atoms with Gasteiger partial charge in [-0.2, -0.15) is 0 Å². The average molecular weight is 516 g/mol. The third-order valence-electron chi connectivity index (χ3n) is 7.32. The van der Waals surface area contributed by atoms with E-state index < -0.39 is 5.54 Å².